The number of carbonyl (C=O) groups excluding carboxylic acids is 2. The van der Waals surface area contributed by atoms with Gasteiger partial charge in [-0.3, -0.25) is 10.1 Å². The lowest BCUT2D eigenvalue weighted by Crippen LogP contribution is -2.36. The molecule has 0 fully saturated rings. The molecule has 0 bridgehead atoms. The Hall–Kier alpha value is -3.81. The molecule has 1 N–H and O–H groups in total. The number of benzene rings is 2. The number of nitrogens with one attached hydrogen (secondary N) is 1. The van der Waals surface area contributed by atoms with Crippen molar-refractivity contribution in [1.29, 1.82) is 0 Å². The van der Waals surface area contributed by atoms with E-state index in [4.69, 9.17) is 18.9 Å². The second kappa shape index (κ2) is 9.13. The van der Waals surface area contributed by atoms with Crippen molar-refractivity contribution >= 4 is 22.9 Å². The van der Waals surface area contributed by atoms with Crippen LogP contribution in [0.15, 0.2) is 42.5 Å². The van der Waals surface area contributed by atoms with E-state index < -0.39 is 17.6 Å². The molecular formula is C24H26N2O6. The van der Waals surface area contributed by atoms with Crippen LogP contribution in [0, 0.1) is 0 Å². The summed E-state index contributed by atoms with van der Waals surface area (Å²) in [6, 6.07) is 12.3. The third-order valence-electron chi connectivity index (χ3n) is 4.54. The van der Waals surface area contributed by atoms with Crippen LogP contribution in [0.5, 0.6) is 17.2 Å². The highest BCUT2D eigenvalue weighted by molar-refractivity contribution is 6.11. The fraction of sp³-hybridized carbons (Fsp3) is 0.292. The Morgan fingerprint density at radius 1 is 0.906 bits per heavy atom. The molecule has 32 heavy (non-hydrogen) atoms. The van der Waals surface area contributed by atoms with Crippen LogP contribution in [0.4, 0.5) is 4.79 Å². The lowest BCUT2D eigenvalue weighted by atomic mass is 10.0. The summed E-state index contributed by atoms with van der Waals surface area (Å²) in [5.74, 6) is 0.766. The Bertz CT molecular complexity index is 1140. The molecule has 0 saturated carbocycles. The zero-order valence-electron chi connectivity index (χ0n) is 18.9. The Kier molecular flexibility index (Phi) is 6.53. The lowest BCUT2D eigenvalue weighted by Gasteiger charge is -2.19. The molecule has 0 aliphatic rings. The summed E-state index contributed by atoms with van der Waals surface area (Å²) in [6.45, 7) is 5.17. The van der Waals surface area contributed by atoms with Crippen LogP contribution in [-0.4, -0.2) is 43.9 Å². The molecule has 0 spiro atoms. The first-order valence-electron chi connectivity index (χ1n) is 9.91. The van der Waals surface area contributed by atoms with Crippen molar-refractivity contribution in [2.24, 2.45) is 0 Å². The van der Waals surface area contributed by atoms with Gasteiger partial charge in [-0.1, -0.05) is 18.2 Å². The van der Waals surface area contributed by atoms with Crippen molar-refractivity contribution < 1.29 is 28.5 Å². The average Bonchev–Trinajstić information content (AvgIpc) is 2.75. The Labute approximate surface area is 186 Å². The predicted molar refractivity (Wildman–Crippen MR) is 121 cm³/mol. The maximum absolute atomic E-state index is 13.0. The molecule has 2 amide bonds. The van der Waals surface area contributed by atoms with E-state index in [1.165, 1.54) is 21.3 Å². The largest absolute Gasteiger partial charge is 0.493 e. The average molecular weight is 438 g/mol. The minimum Gasteiger partial charge on any atom is -0.493 e. The molecule has 8 heteroatoms. The highest BCUT2D eigenvalue weighted by Gasteiger charge is 2.22. The van der Waals surface area contributed by atoms with E-state index in [1.807, 2.05) is 6.07 Å². The van der Waals surface area contributed by atoms with Crippen molar-refractivity contribution in [3.05, 3.63) is 48.0 Å². The number of imide groups is 1. The number of methoxy groups -OCH3 is 3. The molecule has 3 rings (SSSR count). The summed E-state index contributed by atoms with van der Waals surface area (Å²) in [4.78, 5) is 29.8. The molecule has 8 nitrogen and oxygen atoms in total. The smallest absolute Gasteiger partial charge is 0.414 e. The van der Waals surface area contributed by atoms with E-state index in [-0.39, 0.29) is 5.56 Å². The number of fused-ring (bicyclic) bond motifs is 1. The Morgan fingerprint density at radius 2 is 1.53 bits per heavy atom. The number of nitrogens with zero attached hydrogens (tertiary/aromatic N) is 1. The summed E-state index contributed by atoms with van der Waals surface area (Å²) in [5, 5.41) is 2.89. The molecule has 0 saturated heterocycles. The van der Waals surface area contributed by atoms with Gasteiger partial charge in [0.25, 0.3) is 5.91 Å². The summed E-state index contributed by atoms with van der Waals surface area (Å²) in [6.07, 6.45) is -0.822. The highest BCUT2D eigenvalue weighted by atomic mass is 16.6. The van der Waals surface area contributed by atoms with Crippen LogP contribution in [0.3, 0.4) is 0 Å². The third kappa shape index (κ3) is 4.91. The van der Waals surface area contributed by atoms with Crippen molar-refractivity contribution in [2.75, 3.05) is 21.3 Å². The van der Waals surface area contributed by atoms with E-state index in [0.29, 0.717) is 39.4 Å². The van der Waals surface area contributed by atoms with E-state index in [0.717, 1.165) is 0 Å². The van der Waals surface area contributed by atoms with Crippen molar-refractivity contribution in [2.45, 2.75) is 26.4 Å². The Morgan fingerprint density at radius 3 is 2.09 bits per heavy atom. The van der Waals surface area contributed by atoms with Gasteiger partial charge in [0.1, 0.15) is 5.60 Å². The first-order chi connectivity index (χ1) is 15.2. The summed E-state index contributed by atoms with van der Waals surface area (Å²) >= 11 is 0. The van der Waals surface area contributed by atoms with Crippen LogP contribution in [-0.2, 0) is 4.74 Å². The standard InChI is InChI=1S/C24H26N2O6/c1-24(2,3)32-23(28)26-22(27)16-13-18(25-17-10-8-7-9-15(16)17)14-11-19(29-4)21(31-6)20(12-14)30-5/h7-13H,1-6H3,(H,26,27,28). The lowest BCUT2D eigenvalue weighted by molar-refractivity contribution is 0.0508. The van der Waals surface area contributed by atoms with Gasteiger partial charge in [0.15, 0.2) is 11.5 Å². The molecule has 2 aromatic carbocycles. The third-order valence-corrected chi connectivity index (χ3v) is 4.54. The van der Waals surface area contributed by atoms with Gasteiger partial charge in [-0.2, -0.15) is 0 Å². The van der Waals surface area contributed by atoms with Crippen molar-refractivity contribution in [3.8, 4) is 28.5 Å². The zero-order valence-corrected chi connectivity index (χ0v) is 18.9. The van der Waals surface area contributed by atoms with E-state index >= 15 is 0 Å². The van der Waals surface area contributed by atoms with E-state index in [1.54, 1.807) is 57.2 Å². The summed E-state index contributed by atoms with van der Waals surface area (Å²) in [5.41, 5.74) is 1.29. The van der Waals surface area contributed by atoms with Gasteiger partial charge in [-0.05, 0) is 45.0 Å². The molecule has 0 radical (unpaired) electrons. The number of hydrogen-bond donors (Lipinski definition) is 1. The molecule has 3 aromatic rings. The van der Waals surface area contributed by atoms with Gasteiger partial charge < -0.3 is 18.9 Å². The van der Waals surface area contributed by atoms with Crippen LogP contribution >= 0.6 is 0 Å². The summed E-state index contributed by atoms with van der Waals surface area (Å²) < 4.78 is 21.5. The van der Waals surface area contributed by atoms with E-state index in [9.17, 15) is 9.59 Å². The van der Waals surface area contributed by atoms with Crippen molar-refractivity contribution in [3.63, 3.8) is 0 Å². The molecule has 0 unspecified atom stereocenters. The highest BCUT2D eigenvalue weighted by Crippen LogP contribution is 2.41. The molecule has 1 heterocycles. The number of pyridine rings is 1. The van der Waals surface area contributed by atoms with Gasteiger partial charge in [-0.25, -0.2) is 9.78 Å². The fourth-order valence-corrected chi connectivity index (χ4v) is 3.20. The molecule has 0 aliphatic carbocycles. The first-order valence-corrected chi connectivity index (χ1v) is 9.91. The number of amides is 2. The molecule has 1 aromatic heterocycles. The number of rotatable bonds is 5. The number of alkyl carbamates (subject to hydrolysis) is 1. The second-order valence-electron chi connectivity index (χ2n) is 7.94. The maximum atomic E-state index is 13.0. The normalized spacial score (nSPS) is 11.1. The predicted octanol–water partition coefficient (Wildman–Crippen LogP) is 4.59. The van der Waals surface area contributed by atoms with Gasteiger partial charge in [0.05, 0.1) is 38.1 Å². The molecule has 0 atom stereocenters. The fourth-order valence-electron chi connectivity index (χ4n) is 3.20. The number of carbonyl (C=O) groups is 2. The first kappa shape index (κ1) is 22.9. The minimum absolute atomic E-state index is 0.283. The minimum atomic E-state index is -0.822. The quantitative estimate of drug-likeness (QED) is 0.622. The van der Waals surface area contributed by atoms with Gasteiger partial charge in [0, 0.05) is 10.9 Å². The van der Waals surface area contributed by atoms with Crippen LogP contribution in [0.1, 0.15) is 31.1 Å². The number of aromatic nitrogens is 1. The Balaban J connectivity index is 2.11. The number of ether oxygens (including phenoxy) is 4. The zero-order chi connectivity index (χ0) is 23.5. The van der Waals surface area contributed by atoms with Gasteiger partial charge >= 0.3 is 6.09 Å². The number of para-hydroxylation sites is 1. The monoisotopic (exact) mass is 438 g/mol. The second-order valence-corrected chi connectivity index (χ2v) is 7.94. The maximum Gasteiger partial charge on any atom is 0.414 e. The van der Waals surface area contributed by atoms with Gasteiger partial charge in [0.2, 0.25) is 5.75 Å². The van der Waals surface area contributed by atoms with E-state index in [2.05, 4.69) is 10.3 Å². The molecule has 168 valence electrons. The van der Waals surface area contributed by atoms with Gasteiger partial charge in [-0.15, -0.1) is 0 Å². The SMILES string of the molecule is COc1cc(-c2cc(C(=O)NC(=O)OC(C)(C)C)c3ccccc3n2)cc(OC)c1OC. The van der Waals surface area contributed by atoms with Crippen LogP contribution in [0.2, 0.25) is 0 Å². The number of hydrogen-bond acceptors (Lipinski definition) is 7. The summed E-state index contributed by atoms with van der Waals surface area (Å²) in [7, 11) is 4.57. The molecular weight excluding hydrogens is 412 g/mol. The molecule has 0 aliphatic heterocycles. The van der Waals surface area contributed by atoms with Crippen LogP contribution in [0.25, 0.3) is 22.2 Å². The topological polar surface area (TPSA) is 96.0 Å². The van der Waals surface area contributed by atoms with Crippen molar-refractivity contribution in [1.82, 2.24) is 10.3 Å². The van der Waals surface area contributed by atoms with Crippen LogP contribution < -0.4 is 19.5 Å².